The van der Waals surface area contributed by atoms with Crippen LogP contribution >= 0.6 is 0 Å². The van der Waals surface area contributed by atoms with Crippen LogP contribution in [0.4, 0.5) is 0 Å². The number of phenols is 1. The fourth-order valence-corrected chi connectivity index (χ4v) is 2.54. The minimum Gasteiger partial charge on any atom is -0.507 e. The zero-order chi connectivity index (χ0) is 13.0. The van der Waals surface area contributed by atoms with Crippen molar-refractivity contribution in [2.75, 3.05) is 6.54 Å². The quantitative estimate of drug-likeness (QED) is 0.709. The molecule has 0 aliphatic carbocycles. The molecule has 2 aromatic rings. The molecule has 0 fully saturated rings. The van der Waals surface area contributed by atoms with Gasteiger partial charge in [-0.3, -0.25) is 5.10 Å². The molecular weight excluding hydrogens is 256 g/mol. The highest BCUT2D eigenvalue weighted by Crippen LogP contribution is 2.20. The number of para-hydroxylation sites is 1. The summed E-state index contributed by atoms with van der Waals surface area (Å²) >= 11 is 0. The fraction of sp³-hybridized carbons (Fsp3) is 0.200. The lowest BCUT2D eigenvalue weighted by atomic mass is 10.3. The van der Waals surface area contributed by atoms with E-state index in [1.165, 1.54) is 18.5 Å². The molecule has 3 N–H and O–H groups in total. The smallest absolute Gasteiger partial charge is 0.244 e. The van der Waals surface area contributed by atoms with E-state index in [0.717, 1.165) is 0 Å². The summed E-state index contributed by atoms with van der Waals surface area (Å²) in [5, 5.41) is 15.8. The minimum absolute atomic E-state index is 0.137. The maximum atomic E-state index is 11.9. The van der Waals surface area contributed by atoms with E-state index in [9.17, 15) is 13.5 Å². The molecule has 0 unspecified atom stereocenters. The van der Waals surface area contributed by atoms with E-state index < -0.39 is 10.0 Å². The van der Waals surface area contributed by atoms with Crippen molar-refractivity contribution in [3.8, 4) is 5.75 Å². The third kappa shape index (κ3) is 2.84. The second-order valence-corrected chi connectivity index (χ2v) is 5.28. The normalized spacial score (nSPS) is 11.6. The van der Waals surface area contributed by atoms with Gasteiger partial charge in [-0.1, -0.05) is 12.1 Å². The highest BCUT2D eigenvalue weighted by molar-refractivity contribution is 7.89. The Morgan fingerprint density at radius 2 is 2.11 bits per heavy atom. The highest BCUT2D eigenvalue weighted by atomic mass is 32.2. The van der Waals surface area contributed by atoms with Crippen molar-refractivity contribution in [2.24, 2.45) is 0 Å². The molecule has 0 spiro atoms. The summed E-state index contributed by atoms with van der Waals surface area (Å²) in [6.45, 7) is 0.172. The first-order valence-corrected chi connectivity index (χ1v) is 6.70. The van der Waals surface area contributed by atoms with E-state index in [2.05, 4.69) is 19.9 Å². The Balaban J connectivity index is 2.02. The van der Waals surface area contributed by atoms with E-state index in [1.807, 2.05) is 0 Å². The third-order valence-corrected chi connectivity index (χ3v) is 3.78. The van der Waals surface area contributed by atoms with E-state index in [0.29, 0.717) is 12.2 Å². The van der Waals surface area contributed by atoms with Crippen LogP contribution in [-0.4, -0.2) is 35.3 Å². The summed E-state index contributed by atoms with van der Waals surface area (Å²) in [6.07, 6.45) is 1.75. The molecular formula is C10H12N4O3S. The lowest BCUT2D eigenvalue weighted by Crippen LogP contribution is -2.26. The number of phenolic OH excluding ortho intramolecular Hbond substituents is 1. The summed E-state index contributed by atoms with van der Waals surface area (Å²) in [5.74, 6) is 0.319. The van der Waals surface area contributed by atoms with Crippen molar-refractivity contribution in [3.05, 3.63) is 36.4 Å². The summed E-state index contributed by atoms with van der Waals surface area (Å²) in [6, 6.07) is 5.77. The van der Waals surface area contributed by atoms with Crippen LogP contribution in [0.1, 0.15) is 5.82 Å². The van der Waals surface area contributed by atoms with Gasteiger partial charge in [0, 0.05) is 13.0 Å². The van der Waals surface area contributed by atoms with Gasteiger partial charge in [0.25, 0.3) is 0 Å². The van der Waals surface area contributed by atoms with Crippen molar-refractivity contribution >= 4 is 10.0 Å². The summed E-state index contributed by atoms with van der Waals surface area (Å²) < 4.78 is 26.1. The molecule has 0 aliphatic rings. The van der Waals surface area contributed by atoms with Crippen LogP contribution in [0.25, 0.3) is 0 Å². The predicted molar refractivity (Wildman–Crippen MR) is 63.4 cm³/mol. The molecule has 0 bridgehead atoms. The SMILES string of the molecule is O=S(=O)(NCCc1ncn[nH]1)c1ccccc1O. The Morgan fingerprint density at radius 1 is 1.33 bits per heavy atom. The van der Waals surface area contributed by atoms with Crippen molar-refractivity contribution in [1.29, 1.82) is 0 Å². The van der Waals surface area contributed by atoms with E-state index in [-0.39, 0.29) is 17.2 Å². The van der Waals surface area contributed by atoms with Gasteiger partial charge >= 0.3 is 0 Å². The fourth-order valence-electron chi connectivity index (χ4n) is 1.42. The van der Waals surface area contributed by atoms with Crippen molar-refractivity contribution in [2.45, 2.75) is 11.3 Å². The Morgan fingerprint density at radius 3 is 2.78 bits per heavy atom. The van der Waals surface area contributed by atoms with Crippen LogP contribution in [0, 0.1) is 0 Å². The molecule has 0 aliphatic heterocycles. The highest BCUT2D eigenvalue weighted by Gasteiger charge is 2.17. The number of aromatic hydroxyl groups is 1. The lowest BCUT2D eigenvalue weighted by Gasteiger charge is -2.07. The van der Waals surface area contributed by atoms with E-state index in [1.54, 1.807) is 12.1 Å². The van der Waals surface area contributed by atoms with Gasteiger partial charge in [0.05, 0.1) is 0 Å². The summed E-state index contributed by atoms with van der Waals surface area (Å²) in [5.41, 5.74) is 0. The van der Waals surface area contributed by atoms with Crippen molar-refractivity contribution in [1.82, 2.24) is 19.9 Å². The van der Waals surface area contributed by atoms with Crippen LogP contribution in [-0.2, 0) is 16.4 Å². The maximum absolute atomic E-state index is 11.9. The van der Waals surface area contributed by atoms with Gasteiger partial charge < -0.3 is 5.11 Å². The number of H-pyrrole nitrogens is 1. The lowest BCUT2D eigenvalue weighted by molar-refractivity contribution is 0.458. The Hall–Kier alpha value is -1.93. The molecule has 8 heteroatoms. The third-order valence-electron chi connectivity index (χ3n) is 2.27. The number of hydrogen-bond acceptors (Lipinski definition) is 5. The average Bonchev–Trinajstić information content (AvgIpc) is 2.82. The van der Waals surface area contributed by atoms with E-state index in [4.69, 9.17) is 0 Å². The first-order valence-electron chi connectivity index (χ1n) is 5.21. The van der Waals surface area contributed by atoms with E-state index >= 15 is 0 Å². The molecule has 7 nitrogen and oxygen atoms in total. The topological polar surface area (TPSA) is 108 Å². The Labute approximate surface area is 104 Å². The van der Waals surface area contributed by atoms with Gasteiger partial charge in [0.1, 0.15) is 22.8 Å². The largest absolute Gasteiger partial charge is 0.507 e. The number of aromatic amines is 1. The minimum atomic E-state index is -3.71. The van der Waals surface area contributed by atoms with Gasteiger partial charge in [0.15, 0.2) is 0 Å². The first kappa shape index (κ1) is 12.5. The number of sulfonamides is 1. The average molecular weight is 268 g/mol. The molecule has 1 aromatic carbocycles. The molecule has 0 saturated heterocycles. The molecule has 0 saturated carbocycles. The molecule has 18 heavy (non-hydrogen) atoms. The Kier molecular flexibility index (Phi) is 3.58. The van der Waals surface area contributed by atoms with Crippen LogP contribution in [0.2, 0.25) is 0 Å². The number of hydrogen-bond donors (Lipinski definition) is 3. The molecule has 2 rings (SSSR count). The standard InChI is InChI=1S/C10H12N4O3S/c15-8-3-1-2-4-9(8)18(16,17)13-6-5-10-11-7-12-14-10/h1-4,7,13,15H,5-6H2,(H,11,12,14). The number of nitrogens with zero attached hydrogens (tertiary/aromatic N) is 2. The van der Waals surface area contributed by atoms with Gasteiger partial charge in [0.2, 0.25) is 10.0 Å². The Bertz CT molecular complexity index is 610. The summed E-state index contributed by atoms with van der Waals surface area (Å²) in [4.78, 5) is 3.74. The van der Waals surface area contributed by atoms with Gasteiger partial charge in [-0.25, -0.2) is 18.1 Å². The van der Waals surface area contributed by atoms with Crippen molar-refractivity contribution < 1.29 is 13.5 Å². The number of benzene rings is 1. The summed E-state index contributed by atoms with van der Waals surface area (Å²) in [7, 11) is -3.71. The predicted octanol–water partition coefficient (Wildman–Crippen LogP) is 0.0313. The molecule has 0 atom stereocenters. The van der Waals surface area contributed by atoms with Gasteiger partial charge in [-0.2, -0.15) is 5.10 Å². The monoisotopic (exact) mass is 268 g/mol. The molecule has 1 heterocycles. The molecule has 96 valence electrons. The number of aromatic nitrogens is 3. The van der Waals surface area contributed by atoms with Gasteiger partial charge in [-0.15, -0.1) is 0 Å². The molecule has 1 aromatic heterocycles. The molecule has 0 amide bonds. The zero-order valence-electron chi connectivity index (χ0n) is 9.37. The zero-order valence-corrected chi connectivity index (χ0v) is 10.2. The maximum Gasteiger partial charge on any atom is 0.244 e. The second kappa shape index (κ2) is 5.15. The van der Waals surface area contributed by atoms with Crippen LogP contribution in [0.5, 0.6) is 5.75 Å². The van der Waals surface area contributed by atoms with Crippen LogP contribution < -0.4 is 4.72 Å². The number of rotatable bonds is 5. The first-order chi connectivity index (χ1) is 8.59. The van der Waals surface area contributed by atoms with Crippen LogP contribution in [0.3, 0.4) is 0 Å². The number of nitrogens with one attached hydrogen (secondary N) is 2. The van der Waals surface area contributed by atoms with Gasteiger partial charge in [-0.05, 0) is 12.1 Å². The van der Waals surface area contributed by atoms with Crippen molar-refractivity contribution in [3.63, 3.8) is 0 Å². The molecule has 0 radical (unpaired) electrons. The van der Waals surface area contributed by atoms with Crippen LogP contribution in [0.15, 0.2) is 35.5 Å². The second-order valence-electron chi connectivity index (χ2n) is 3.55.